The number of hydrogen-bond acceptors (Lipinski definition) is 4. The second kappa shape index (κ2) is 5.89. The van der Waals surface area contributed by atoms with Crippen LogP contribution in [-0.4, -0.2) is 32.5 Å². The van der Waals surface area contributed by atoms with Crippen LogP contribution in [-0.2, 0) is 0 Å². The molecule has 8 heteroatoms. The zero-order valence-corrected chi connectivity index (χ0v) is 15.2. The Bertz CT molecular complexity index is 1110. The third-order valence-corrected chi connectivity index (χ3v) is 4.48. The molecule has 7 nitrogen and oxygen atoms in total. The molecule has 0 aliphatic carbocycles. The summed E-state index contributed by atoms with van der Waals surface area (Å²) in [5.74, 6) is 0.674. The summed E-state index contributed by atoms with van der Waals surface area (Å²) in [5, 5.41) is 11.3. The normalized spacial score (nSPS) is 11.2. The van der Waals surface area contributed by atoms with Gasteiger partial charge in [0, 0.05) is 35.4 Å². The summed E-state index contributed by atoms with van der Waals surface area (Å²) in [5.41, 5.74) is 3.98. The fourth-order valence-electron chi connectivity index (χ4n) is 2.76. The monoisotopic (exact) mass is 398 g/mol. The van der Waals surface area contributed by atoms with Crippen LogP contribution in [0.4, 0.5) is 11.5 Å². The van der Waals surface area contributed by atoms with Crippen molar-refractivity contribution in [3.63, 3.8) is 0 Å². The minimum absolute atomic E-state index is 0.140. The Kier molecular flexibility index (Phi) is 3.69. The Balaban J connectivity index is 1.74. The highest BCUT2D eigenvalue weighted by Crippen LogP contribution is 2.25. The molecule has 3 N–H and O–H groups in total. The van der Waals surface area contributed by atoms with E-state index in [0.717, 1.165) is 38.2 Å². The number of aromatic amines is 1. The topological polar surface area (TPSA) is 87.1 Å². The van der Waals surface area contributed by atoms with Gasteiger partial charge >= 0.3 is 0 Å². The lowest BCUT2D eigenvalue weighted by Gasteiger charge is -2.09. The second-order valence-corrected chi connectivity index (χ2v) is 6.55. The maximum Gasteiger partial charge on any atom is 0.267 e. The van der Waals surface area contributed by atoms with Crippen molar-refractivity contribution in [2.24, 2.45) is 0 Å². The molecule has 0 spiro atoms. The van der Waals surface area contributed by atoms with Gasteiger partial charge in [-0.25, -0.2) is 4.98 Å². The number of hydrogen-bond donors (Lipinski definition) is 3. The first-order chi connectivity index (χ1) is 12.0. The van der Waals surface area contributed by atoms with Gasteiger partial charge in [-0.05, 0) is 47.1 Å². The predicted octanol–water partition coefficient (Wildman–Crippen LogP) is 3.38. The van der Waals surface area contributed by atoms with Crippen molar-refractivity contribution < 1.29 is 4.79 Å². The highest BCUT2D eigenvalue weighted by Gasteiger charge is 2.11. The van der Waals surface area contributed by atoms with Crippen LogP contribution in [0.2, 0.25) is 0 Å². The molecule has 0 aliphatic heterocycles. The zero-order valence-electron chi connectivity index (χ0n) is 13.6. The lowest BCUT2D eigenvalue weighted by atomic mass is 10.2. The average Bonchev–Trinajstić information content (AvgIpc) is 3.18. The molecule has 126 valence electrons. The van der Waals surface area contributed by atoms with Crippen molar-refractivity contribution in [3.05, 3.63) is 52.4 Å². The van der Waals surface area contributed by atoms with Gasteiger partial charge in [-0.2, -0.15) is 9.61 Å². The lowest BCUT2D eigenvalue weighted by Crippen LogP contribution is -2.17. The molecule has 0 atom stereocenters. The molecule has 0 saturated carbocycles. The van der Waals surface area contributed by atoms with Crippen molar-refractivity contribution in [2.75, 3.05) is 12.4 Å². The van der Waals surface area contributed by atoms with E-state index in [4.69, 9.17) is 0 Å². The molecule has 1 aromatic carbocycles. The molecule has 3 aromatic heterocycles. The minimum atomic E-state index is -0.140. The molecule has 4 rings (SSSR count). The van der Waals surface area contributed by atoms with E-state index >= 15 is 0 Å². The van der Waals surface area contributed by atoms with Crippen molar-refractivity contribution in [1.82, 2.24) is 24.9 Å². The Morgan fingerprint density at radius 3 is 2.92 bits per heavy atom. The number of aryl methyl sites for hydroxylation is 1. The summed E-state index contributed by atoms with van der Waals surface area (Å²) in [4.78, 5) is 19.4. The number of halogens is 1. The Hall–Kier alpha value is -2.87. The van der Waals surface area contributed by atoms with E-state index in [-0.39, 0.29) is 5.91 Å². The third kappa shape index (κ3) is 2.74. The SMILES string of the molecule is CNC(=O)c1cc2cc(Nc3cc(C)nc4c(Br)cnn34)ccc2[nH]1. The first-order valence-corrected chi connectivity index (χ1v) is 8.47. The number of H-pyrrole nitrogens is 1. The van der Waals surface area contributed by atoms with Gasteiger partial charge in [-0.3, -0.25) is 4.79 Å². The van der Waals surface area contributed by atoms with Crippen LogP contribution in [0.5, 0.6) is 0 Å². The average molecular weight is 399 g/mol. The molecule has 0 unspecified atom stereocenters. The number of carbonyl (C=O) groups is 1. The van der Waals surface area contributed by atoms with Crippen LogP contribution in [0.1, 0.15) is 16.2 Å². The highest BCUT2D eigenvalue weighted by molar-refractivity contribution is 9.10. The molecule has 0 radical (unpaired) electrons. The Morgan fingerprint density at radius 2 is 2.12 bits per heavy atom. The van der Waals surface area contributed by atoms with E-state index in [9.17, 15) is 4.79 Å². The maximum atomic E-state index is 11.8. The number of carbonyl (C=O) groups excluding carboxylic acids is 1. The summed E-state index contributed by atoms with van der Waals surface area (Å²) in [6, 6.07) is 9.64. The van der Waals surface area contributed by atoms with E-state index in [2.05, 4.69) is 41.6 Å². The Labute approximate surface area is 151 Å². The van der Waals surface area contributed by atoms with E-state index in [1.165, 1.54) is 0 Å². The van der Waals surface area contributed by atoms with Crippen LogP contribution in [0, 0.1) is 6.92 Å². The molecule has 0 saturated heterocycles. The fourth-order valence-corrected chi connectivity index (χ4v) is 3.11. The summed E-state index contributed by atoms with van der Waals surface area (Å²) in [6.07, 6.45) is 1.72. The van der Waals surface area contributed by atoms with Crippen molar-refractivity contribution in [2.45, 2.75) is 6.92 Å². The van der Waals surface area contributed by atoms with Gasteiger partial charge < -0.3 is 15.6 Å². The van der Waals surface area contributed by atoms with Crippen LogP contribution in [0.3, 0.4) is 0 Å². The molecule has 3 heterocycles. The van der Waals surface area contributed by atoms with Crippen LogP contribution < -0.4 is 10.6 Å². The lowest BCUT2D eigenvalue weighted by molar-refractivity contribution is 0.0959. The molecule has 4 aromatic rings. The van der Waals surface area contributed by atoms with Crippen LogP contribution in [0.25, 0.3) is 16.6 Å². The van der Waals surface area contributed by atoms with Gasteiger partial charge in [0.15, 0.2) is 5.65 Å². The summed E-state index contributed by atoms with van der Waals surface area (Å²) in [7, 11) is 1.61. The van der Waals surface area contributed by atoms with E-state index in [1.807, 2.05) is 37.3 Å². The number of nitrogens with zero attached hydrogens (tertiary/aromatic N) is 3. The van der Waals surface area contributed by atoms with Crippen molar-refractivity contribution in [3.8, 4) is 0 Å². The largest absolute Gasteiger partial charge is 0.354 e. The van der Waals surface area contributed by atoms with Gasteiger partial charge in [-0.1, -0.05) is 0 Å². The summed E-state index contributed by atoms with van der Waals surface area (Å²) < 4.78 is 2.59. The third-order valence-electron chi connectivity index (χ3n) is 3.92. The van der Waals surface area contributed by atoms with Gasteiger partial charge in [0.25, 0.3) is 5.91 Å². The van der Waals surface area contributed by atoms with E-state index in [0.29, 0.717) is 5.69 Å². The van der Waals surface area contributed by atoms with Gasteiger partial charge in [0.2, 0.25) is 0 Å². The number of amides is 1. The number of benzene rings is 1. The van der Waals surface area contributed by atoms with Gasteiger partial charge in [0.1, 0.15) is 11.5 Å². The molecule has 0 fully saturated rings. The van der Waals surface area contributed by atoms with Gasteiger partial charge in [0.05, 0.1) is 10.7 Å². The number of anilines is 2. The summed E-state index contributed by atoms with van der Waals surface area (Å²) in [6.45, 7) is 1.94. The first-order valence-electron chi connectivity index (χ1n) is 7.68. The first kappa shape index (κ1) is 15.6. The Morgan fingerprint density at radius 1 is 1.28 bits per heavy atom. The van der Waals surface area contributed by atoms with Gasteiger partial charge in [-0.15, -0.1) is 0 Å². The molecular weight excluding hydrogens is 384 g/mol. The standard InChI is InChI=1S/C17H15BrN6O/c1-9-5-15(24-16(21-9)12(18)8-20-24)22-11-3-4-13-10(6-11)7-14(23-13)17(25)19-2/h3-8,22-23H,1-2H3,(H,19,25). The number of fused-ring (bicyclic) bond motifs is 2. The maximum absolute atomic E-state index is 11.8. The minimum Gasteiger partial charge on any atom is -0.354 e. The fraction of sp³-hybridized carbons (Fsp3) is 0.118. The van der Waals surface area contributed by atoms with Crippen molar-refractivity contribution in [1.29, 1.82) is 0 Å². The van der Waals surface area contributed by atoms with E-state index in [1.54, 1.807) is 17.8 Å². The highest BCUT2D eigenvalue weighted by atomic mass is 79.9. The number of rotatable bonds is 3. The molecular formula is C17H15BrN6O. The van der Waals surface area contributed by atoms with Crippen LogP contribution >= 0.6 is 15.9 Å². The number of nitrogens with one attached hydrogen (secondary N) is 3. The van der Waals surface area contributed by atoms with Crippen molar-refractivity contribution >= 4 is 49.9 Å². The molecule has 1 amide bonds. The van der Waals surface area contributed by atoms with Crippen LogP contribution in [0.15, 0.2) is 41.0 Å². The smallest absolute Gasteiger partial charge is 0.267 e. The predicted molar refractivity (Wildman–Crippen MR) is 100 cm³/mol. The van der Waals surface area contributed by atoms with E-state index < -0.39 is 0 Å². The molecule has 25 heavy (non-hydrogen) atoms. The summed E-state index contributed by atoms with van der Waals surface area (Å²) >= 11 is 3.46. The molecule has 0 aliphatic rings. The number of aromatic nitrogens is 4. The molecule has 0 bridgehead atoms. The second-order valence-electron chi connectivity index (χ2n) is 5.70. The quantitative estimate of drug-likeness (QED) is 0.493. The zero-order chi connectivity index (χ0) is 17.6.